The van der Waals surface area contributed by atoms with Gasteiger partial charge in [0, 0.05) is 18.3 Å². The molecule has 3 nitrogen and oxygen atoms in total. The largest absolute Gasteiger partial charge is 0.316 e. The Kier molecular flexibility index (Phi) is 4.46. The summed E-state index contributed by atoms with van der Waals surface area (Å²) in [7, 11) is 1.88. The maximum absolute atomic E-state index is 12.7. The smallest absolute Gasteiger partial charge is 0.123 e. The lowest BCUT2D eigenvalue weighted by Gasteiger charge is -1.99. The van der Waals surface area contributed by atoms with E-state index in [-0.39, 0.29) is 18.2 Å². The lowest BCUT2D eigenvalue weighted by Crippen LogP contribution is -2.03. The van der Waals surface area contributed by atoms with Crippen molar-refractivity contribution < 1.29 is 4.39 Å². The van der Waals surface area contributed by atoms with Gasteiger partial charge in [0.1, 0.15) is 5.82 Å². The Labute approximate surface area is 99.7 Å². The molecule has 1 N–H and O–H groups in total. The topological polar surface area (TPSA) is 29.9 Å². The van der Waals surface area contributed by atoms with Gasteiger partial charge in [-0.3, -0.25) is 0 Å². The maximum Gasteiger partial charge on any atom is 0.123 e. The Morgan fingerprint density at radius 2 is 2.00 bits per heavy atom. The first-order valence-corrected chi connectivity index (χ1v) is 4.73. The number of hydrogen-bond donors (Lipinski definition) is 1. The van der Waals surface area contributed by atoms with Gasteiger partial charge in [-0.25, -0.2) is 9.07 Å². The summed E-state index contributed by atoms with van der Waals surface area (Å²) >= 11 is 0. The standard InChI is InChI=1S/C11H12FN3.ClH/c1-13-6-9-7-14-15(8-9)11-4-2-10(12)3-5-11;/h2-5,7-8,13H,6H2,1H3;1H. The minimum Gasteiger partial charge on any atom is -0.316 e. The van der Waals surface area contributed by atoms with E-state index in [1.165, 1.54) is 12.1 Å². The molecule has 0 bridgehead atoms. The fourth-order valence-corrected chi connectivity index (χ4v) is 1.39. The highest BCUT2D eigenvalue weighted by Gasteiger charge is 1.99. The van der Waals surface area contributed by atoms with Gasteiger partial charge in [0.05, 0.1) is 11.9 Å². The first-order valence-electron chi connectivity index (χ1n) is 4.73. The SMILES string of the molecule is CNCc1cnn(-c2ccc(F)cc2)c1.Cl. The van der Waals surface area contributed by atoms with Crippen LogP contribution in [0, 0.1) is 5.82 Å². The zero-order chi connectivity index (χ0) is 10.7. The highest BCUT2D eigenvalue weighted by atomic mass is 35.5. The molecule has 0 amide bonds. The first kappa shape index (κ1) is 12.7. The summed E-state index contributed by atoms with van der Waals surface area (Å²) in [6, 6.07) is 6.25. The molecule has 0 spiro atoms. The number of nitrogens with one attached hydrogen (secondary N) is 1. The Bertz CT molecular complexity index is 439. The number of aromatic nitrogens is 2. The predicted molar refractivity (Wildman–Crippen MR) is 63.5 cm³/mol. The Morgan fingerprint density at radius 3 is 2.62 bits per heavy atom. The molecule has 0 saturated heterocycles. The van der Waals surface area contributed by atoms with Crippen LogP contribution in [-0.4, -0.2) is 16.8 Å². The van der Waals surface area contributed by atoms with Crippen molar-refractivity contribution in [2.24, 2.45) is 0 Å². The number of hydrogen-bond acceptors (Lipinski definition) is 2. The molecule has 2 rings (SSSR count). The van der Waals surface area contributed by atoms with Crippen molar-refractivity contribution in [1.82, 2.24) is 15.1 Å². The number of nitrogens with zero attached hydrogens (tertiary/aromatic N) is 2. The van der Waals surface area contributed by atoms with Crippen molar-refractivity contribution in [3.63, 3.8) is 0 Å². The molecule has 0 fully saturated rings. The number of benzene rings is 1. The van der Waals surface area contributed by atoms with Crippen LogP contribution >= 0.6 is 12.4 Å². The molecule has 5 heteroatoms. The summed E-state index contributed by atoms with van der Waals surface area (Å²) in [6.07, 6.45) is 3.71. The van der Waals surface area contributed by atoms with Crippen LogP contribution < -0.4 is 5.32 Å². The molecular formula is C11H13ClFN3. The third-order valence-electron chi connectivity index (χ3n) is 2.11. The quantitative estimate of drug-likeness (QED) is 0.893. The molecular weight excluding hydrogens is 229 g/mol. The highest BCUT2D eigenvalue weighted by Crippen LogP contribution is 2.09. The maximum atomic E-state index is 12.7. The van der Waals surface area contributed by atoms with Crippen molar-refractivity contribution in [2.75, 3.05) is 7.05 Å². The van der Waals surface area contributed by atoms with Crippen molar-refractivity contribution in [3.05, 3.63) is 48.0 Å². The van der Waals surface area contributed by atoms with E-state index in [2.05, 4.69) is 10.4 Å². The van der Waals surface area contributed by atoms with Gasteiger partial charge < -0.3 is 5.32 Å². The van der Waals surface area contributed by atoms with Gasteiger partial charge in [0.2, 0.25) is 0 Å². The summed E-state index contributed by atoms with van der Waals surface area (Å²) in [4.78, 5) is 0. The molecule has 1 aromatic heterocycles. The molecule has 0 aliphatic rings. The second-order valence-electron chi connectivity index (χ2n) is 3.30. The Hall–Kier alpha value is -1.39. The van der Waals surface area contributed by atoms with Crippen LogP contribution in [0.5, 0.6) is 0 Å². The van der Waals surface area contributed by atoms with Gasteiger partial charge in [0.25, 0.3) is 0 Å². The summed E-state index contributed by atoms with van der Waals surface area (Å²) in [5.41, 5.74) is 1.96. The minimum atomic E-state index is -0.235. The van der Waals surface area contributed by atoms with Gasteiger partial charge in [0.15, 0.2) is 0 Å². The molecule has 0 unspecified atom stereocenters. The van der Waals surface area contributed by atoms with E-state index in [0.29, 0.717) is 0 Å². The monoisotopic (exact) mass is 241 g/mol. The van der Waals surface area contributed by atoms with Crippen LogP contribution in [0.1, 0.15) is 5.56 Å². The minimum absolute atomic E-state index is 0. The highest BCUT2D eigenvalue weighted by molar-refractivity contribution is 5.85. The van der Waals surface area contributed by atoms with Crippen LogP contribution in [0.2, 0.25) is 0 Å². The summed E-state index contributed by atoms with van der Waals surface area (Å²) < 4.78 is 14.4. The molecule has 2 aromatic rings. The van der Waals surface area contributed by atoms with Crippen molar-refractivity contribution in [1.29, 1.82) is 0 Å². The molecule has 16 heavy (non-hydrogen) atoms. The van der Waals surface area contributed by atoms with E-state index < -0.39 is 0 Å². The molecule has 0 saturated carbocycles. The fourth-order valence-electron chi connectivity index (χ4n) is 1.39. The number of rotatable bonds is 3. The van der Waals surface area contributed by atoms with Crippen LogP contribution in [-0.2, 0) is 6.54 Å². The lowest BCUT2D eigenvalue weighted by atomic mass is 10.3. The Balaban J connectivity index is 0.00000128. The molecule has 1 heterocycles. The lowest BCUT2D eigenvalue weighted by molar-refractivity contribution is 0.627. The van der Waals surface area contributed by atoms with Crippen molar-refractivity contribution in [3.8, 4) is 5.69 Å². The average molecular weight is 242 g/mol. The average Bonchev–Trinajstić information content (AvgIpc) is 2.68. The van der Waals surface area contributed by atoms with E-state index in [0.717, 1.165) is 17.8 Å². The third kappa shape index (κ3) is 2.81. The second-order valence-corrected chi connectivity index (χ2v) is 3.30. The van der Waals surface area contributed by atoms with E-state index in [9.17, 15) is 4.39 Å². The zero-order valence-electron chi connectivity index (χ0n) is 8.85. The molecule has 86 valence electrons. The van der Waals surface area contributed by atoms with E-state index in [4.69, 9.17) is 0 Å². The predicted octanol–water partition coefficient (Wildman–Crippen LogP) is 2.15. The van der Waals surface area contributed by atoms with E-state index in [1.54, 1.807) is 23.0 Å². The van der Waals surface area contributed by atoms with E-state index >= 15 is 0 Å². The van der Waals surface area contributed by atoms with Gasteiger partial charge in [-0.05, 0) is 31.3 Å². The van der Waals surface area contributed by atoms with Gasteiger partial charge in [-0.15, -0.1) is 12.4 Å². The van der Waals surface area contributed by atoms with Gasteiger partial charge >= 0.3 is 0 Å². The molecule has 0 aliphatic heterocycles. The van der Waals surface area contributed by atoms with Crippen LogP contribution in [0.3, 0.4) is 0 Å². The summed E-state index contributed by atoms with van der Waals surface area (Å²) in [6.45, 7) is 0.779. The van der Waals surface area contributed by atoms with Gasteiger partial charge in [-0.1, -0.05) is 0 Å². The molecule has 0 radical (unpaired) electrons. The zero-order valence-corrected chi connectivity index (χ0v) is 9.67. The molecule has 1 aromatic carbocycles. The summed E-state index contributed by atoms with van der Waals surface area (Å²) in [5.74, 6) is -0.235. The van der Waals surface area contributed by atoms with Crippen LogP contribution in [0.4, 0.5) is 4.39 Å². The van der Waals surface area contributed by atoms with Gasteiger partial charge in [-0.2, -0.15) is 5.10 Å². The van der Waals surface area contributed by atoms with Crippen molar-refractivity contribution in [2.45, 2.75) is 6.54 Å². The number of halogens is 2. The molecule has 0 aliphatic carbocycles. The van der Waals surface area contributed by atoms with Crippen LogP contribution in [0.15, 0.2) is 36.7 Å². The first-order chi connectivity index (χ1) is 7.29. The van der Waals surface area contributed by atoms with Crippen LogP contribution in [0.25, 0.3) is 5.69 Å². The fraction of sp³-hybridized carbons (Fsp3) is 0.182. The Morgan fingerprint density at radius 1 is 1.31 bits per heavy atom. The normalized spacial score (nSPS) is 9.88. The second kappa shape index (κ2) is 5.63. The molecule has 0 atom stereocenters. The van der Waals surface area contributed by atoms with Crippen molar-refractivity contribution >= 4 is 12.4 Å². The summed E-state index contributed by atoms with van der Waals surface area (Å²) in [5, 5.41) is 7.23. The third-order valence-corrected chi connectivity index (χ3v) is 2.11. The van der Waals surface area contributed by atoms with E-state index in [1.807, 2.05) is 13.2 Å².